The average molecular weight is 287 g/mol. The molecule has 0 aliphatic carbocycles. The van der Waals surface area contributed by atoms with Crippen LogP contribution in [0.4, 0.5) is 5.82 Å². The van der Waals surface area contributed by atoms with Gasteiger partial charge in [-0.2, -0.15) is 0 Å². The number of nitrogens with one attached hydrogen (secondary N) is 2. The van der Waals surface area contributed by atoms with Crippen molar-refractivity contribution in [2.75, 3.05) is 5.32 Å². The fourth-order valence-corrected chi connectivity index (χ4v) is 2.36. The summed E-state index contributed by atoms with van der Waals surface area (Å²) in [5.74, 6) is 0.463. The van der Waals surface area contributed by atoms with E-state index in [9.17, 15) is 9.59 Å². The van der Waals surface area contributed by atoms with Gasteiger partial charge in [0, 0.05) is 18.2 Å². The normalized spacial score (nSPS) is 12.4. The zero-order chi connectivity index (χ0) is 15.4. The summed E-state index contributed by atoms with van der Waals surface area (Å²) in [5, 5.41) is 3.17. The molecule has 0 radical (unpaired) electrons. The van der Waals surface area contributed by atoms with Crippen molar-refractivity contribution < 1.29 is 0 Å². The van der Waals surface area contributed by atoms with Gasteiger partial charge in [0.15, 0.2) is 0 Å². The van der Waals surface area contributed by atoms with Gasteiger partial charge in [-0.25, -0.2) is 4.79 Å². The van der Waals surface area contributed by atoms with E-state index in [4.69, 9.17) is 0 Å². The summed E-state index contributed by atoms with van der Waals surface area (Å²) in [7, 11) is 0. The van der Waals surface area contributed by atoms with Crippen LogP contribution < -0.4 is 16.6 Å². The topological polar surface area (TPSA) is 66.9 Å². The van der Waals surface area contributed by atoms with Crippen LogP contribution in [-0.4, -0.2) is 15.6 Å². The molecule has 2 aromatic rings. The zero-order valence-corrected chi connectivity index (χ0v) is 12.6. The molecule has 1 aromatic carbocycles. The molecular formula is C16H21N3O2. The lowest BCUT2D eigenvalue weighted by Crippen LogP contribution is -2.37. The third kappa shape index (κ3) is 3.84. The minimum absolute atomic E-state index is 0.109. The zero-order valence-electron chi connectivity index (χ0n) is 12.6. The van der Waals surface area contributed by atoms with Crippen LogP contribution in [0.1, 0.15) is 32.4 Å². The molecule has 21 heavy (non-hydrogen) atoms. The molecule has 0 saturated carbocycles. The predicted octanol–water partition coefficient (Wildman–Crippen LogP) is 2.16. The summed E-state index contributed by atoms with van der Waals surface area (Å²) in [6.07, 6.45) is 0.816. The molecule has 112 valence electrons. The van der Waals surface area contributed by atoms with Crippen LogP contribution in [0.3, 0.4) is 0 Å². The first kappa shape index (κ1) is 15.1. The highest BCUT2D eigenvalue weighted by Crippen LogP contribution is 2.07. The van der Waals surface area contributed by atoms with Crippen molar-refractivity contribution >= 4 is 5.82 Å². The Balaban J connectivity index is 2.13. The molecule has 0 amide bonds. The number of hydrogen-bond donors (Lipinski definition) is 2. The van der Waals surface area contributed by atoms with Gasteiger partial charge >= 0.3 is 5.69 Å². The quantitative estimate of drug-likeness (QED) is 0.885. The number of nitrogens with zero attached hydrogens (tertiary/aromatic N) is 1. The van der Waals surface area contributed by atoms with Gasteiger partial charge in [-0.1, -0.05) is 30.3 Å². The van der Waals surface area contributed by atoms with Gasteiger partial charge in [-0.15, -0.1) is 0 Å². The Kier molecular flexibility index (Phi) is 4.62. The van der Waals surface area contributed by atoms with E-state index < -0.39 is 0 Å². The van der Waals surface area contributed by atoms with Crippen LogP contribution in [0.15, 0.2) is 46.0 Å². The third-order valence-corrected chi connectivity index (χ3v) is 3.27. The van der Waals surface area contributed by atoms with Crippen LogP contribution in [0, 0.1) is 0 Å². The second-order valence-electron chi connectivity index (χ2n) is 5.53. The minimum atomic E-state index is -0.382. The molecule has 0 spiro atoms. The Morgan fingerprint density at radius 1 is 1.14 bits per heavy atom. The lowest BCUT2D eigenvalue weighted by molar-refractivity contribution is 0.546. The van der Waals surface area contributed by atoms with E-state index in [-0.39, 0.29) is 23.3 Å². The summed E-state index contributed by atoms with van der Waals surface area (Å²) < 4.78 is 1.20. The number of anilines is 1. The van der Waals surface area contributed by atoms with Gasteiger partial charge in [-0.3, -0.25) is 14.3 Å². The SMILES string of the molecule is CC(Cc1ccccc1)Nc1cc(=O)n(C(C)C)c(=O)[nH]1. The van der Waals surface area contributed by atoms with Crippen molar-refractivity contribution in [2.45, 2.75) is 39.3 Å². The molecular weight excluding hydrogens is 266 g/mol. The minimum Gasteiger partial charge on any atom is -0.369 e. The molecule has 1 unspecified atom stereocenters. The van der Waals surface area contributed by atoms with Crippen LogP contribution in [0.5, 0.6) is 0 Å². The third-order valence-electron chi connectivity index (χ3n) is 3.27. The number of benzene rings is 1. The smallest absolute Gasteiger partial charge is 0.330 e. The lowest BCUT2D eigenvalue weighted by atomic mass is 10.1. The first-order chi connectivity index (χ1) is 9.97. The molecule has 5 heteroatoms. The Bertz CT molecular complexity index is 670. The number of hydrogen-bond acceptors (Lipinski definition) is 3. The van der Waals surface area contributed by atoms with E-state index in [0.717, 1.165) is 6.42 Å². The van der Waals surface area contributed by atoms with Crippen LogP contribution in [0.25, 0.3) is 0 Å². The fraction of sp³-hybridized carbons (Fsp3) is 0.375. The van der Waals surface area contributed by atoms with E-state index in [1.54, 1.807) is 0 Å². The van der Waals surface area contributed by atoms with Crippen molar-refractivity contribution in [3.63, 3.8) is 0 Å². The standard InChI is InChI=1S/C16H21N3O2/c1-11(2)19-15(20)10-14(18-16(19)21)17-12(3)9-13-7-5-4-6-8-13/h4-8,10-12,17H,9H2,1-3H3,(H,18,21). The van der Waals surface area contributed by atoms with Crippen LogP contribution >= 0.6 is 0 Å². The van der Waals surface area contributed by atoms with Gasteiger partial charge in [0.2, 0.25) is 0 Å². The van der Waals surface area contributed by atoms with Crippen molar-refractivity contribution in [1.82, 2.24) is 9.55 Å². The second-order valence-corrected chi connectivity index (χ2v) is 5.53. The Hall–Kier alpha value is -2.30. The van der Waals surface area contributed by atoms with Crippen LogP contribution in [0.2, 0.25) is 0 Å². The Morgan fingerprint density at radius 3 is 2.38 bits per heavy atom. The highest BCUT2D eigenvalue weighted by molar-refractivity contribution is 5.34. The van der Waals surface area contributed by atoms with Gasteiger partial charge < -0.3 is 5.32 Å². The summed E-state index contributed by atoms with van der Waals surface area (Å²) >= 11 is 0. The summed E-state index contributed by atoms with van der Waals surface area (Å²) in [4.78, 5) is 26.6. The molecule has 2 rings (SSSR count). The molecule has 0 bridgehead atoms. The molecule has 1 atom stereocenters. The molecule has 0 fully saturated rings. The van der Waals surface area contributed by atoms with E-state index >= 15 is 0 Å². The van der Waals surface area contributed by atoms with Gasteiger partial charge in [-0.05, 0) is 32.8 Å². The van der Waals surface area contributed by atoms with Gasteiger partial charge in [0.25, 0.3) is 5.56 Å². The first-order valence-corrected chi connectivity index (χ1v) is 7.13. The van der Waals surface area contributed by atoms with Gasteiger partial charge in [0.05, 0.1) is 0 Å². The average Bonchev–Trinajstić information content (AvgIpc) is 2.38. The number of aromatic amines is 1. The highest BCUT2D eigenvalue weighted by atomic mass is 16.2. The lowest BCUT2D eigenvalue weighted by Gasteiger charge is -2.16. The van der Waals surface area contributed by atoms with Crippen LogP contribution in [-0.2, 0) is 6.42 Å². The number of rotatable bonds is 5. The Morgan fingerprint density at radius 2 is 1.81 bits per heavy atom. The number of aromatic nitrogens is 2. The number of H-pyrrole nitrogens is 1. The molecule has 1 aromatic heterocycles. The Labute approximate surface area is 123 Å². The fourth-order valence-electron chi connectivity index (χ4n) is 2.36. The monoisotopic (exact) mass is 287 g/mol. The molecule has 2 N–H and O–H groups in total. The summed E-state index contributed by atoms with van der Waals surface area (Å²) in [6.45, 7) is 5.63. The van der Waals surface area contributed by atoms with Crippen molar-refractivity contribution in [2.24, 2.45) is 0 Å². The summed E-state index contributed by atoms with van der Waals surface area (Å²) in [5.41, 5.74) is 0.533. The van der Waals surface area contributed by atoms with E-state index in [0.29, 0.717) is 5.82 Å². The summed E-state index contributed by atoms with van der Waals surface area (Å²) in [6, 6.07) is 11.5. The van der Waals surface area contributed by atoms with Crippen molar-refractivity contribution in [3.8, 4) is 0 Å². The maximum Gasteiger partial charge on any atom is 0.330 e. The highest BCUT2D eigenvalue weighted by Gasteiger charge is 2.09. The van der Waals surface area contributed by atoms with Gasteiger partial charge in [0.1, 0.15) is 5.82 Å². The first-order valence-electron chi connectivity index (χ1n) is 7.13. The molecule has 0 saturated heterocycles. The largest absolute Gasteiger partial charge is 0.369 e. The van der Waals surface area contributed by atoms with Crippen molar-refractivity contribution in [3.05, 3.63) is 62.8 Å². The molecule has 0 aliphatic heterocycles. The molecule has 0 aliphatic rings. The second kappa shape index (κ2) is 6.43. The van der Waals surface area contributed by atoms with E-state index in [1.807, 2.05) is 39.0 Å². The van der Waals surface area contributed by atoms with Crippen molar-refractivity contribution in [1.29, 1.82) is 0 Å². The maximum atomic E-state index is 11.9. The molecule has 1 heterocycles. The van der Waals surface area contributed by atoms with E-state index in [1.165, 1.54) is 16.2 Å². The van der Waals surface area contributed by atoms with E-state index in [2.05, 4.69) is 22.4 Å². The molecule has 5 nitrogen and oxygen atoms in total. The maximum absolute atomic E-state index is 11.9. The predicted molar refractivity (Wildman–Crippen MR) is 84.9 cm³/mol.